The highest BCUT2D eigenvalue weighted by molar-refractivity contribution is 9.10. The van der Waals surface area contributed by atoms with Gasteiger partial charge >= 0.3 is 0 Å². The van der Waals surface area contributed by atoms with Crippen LogP contribution in [0.25, 0.3) is 0 Å². The maximum atomic E-state index is 9.39. The Labute approximate surface area is 116 Å². The molecule has 4 nitrogen and oxygen atoms in total. The summed E-state index contributed by atoms with van der Waals surface area (Å²) in [5, 5.41) is 17.3. The molecule has 1 N–H and O–H groups in total. The molecule has 1 fully saturated rings. The van der Waals surface area contributed by atoms with Crippen molar-refractivity contribution in [2.75, 3.05) is 6.54 Å². The first-order valence-electron chi connectivity index (χ1n) is 6.40. The number of aryl methyl sites for hydroxylation is 1. The van der Waals surface area contributed by atoms with Gasteiger partial charge in [0.05, 0.1) is 28.0 Å². The minimum atomic E-state index is -0.363. The van der Waals surface area contributed by atoms with E-state index in [1.54, 1.807) is 0 Å². The second-order valence-electron chi connectivity index (χ2n) is 5.05. The minimum absolute atomic E-state index is 0.327. The Morgan fingerprint density at radius 2 is 2.33 bits per heavy atom. The van der Waals surface area contributed by atoms with Gasteiger partial charge in [-0.05, 0) is 49.2 Å². The van der Waals surface area contributed by atoms with Crippen molar-refractivity contribution < 1.29 is 0 Å². The molecule has 5 heteroatoms. The first-order valence-corrected chi connectivity index (χ1v) is 7.20. The molecule has 0 aliphatic heterocycles. The molecule has 0 bridgehead atoms. The molecule has 0 radical (unpaired) electrons. The number of hydrogen-bond donors (Lipinski definition) is 1. The first kappa shape index (κ1) is 13.6. The molecule has 1 aliphatic carbocycles. The highest BCUT2D eigenvalue weighted by Crippen LogP contribution is 2.38. The van der Waals surface area contributed by atoms with E-state index in [0.29, 0.717) is 6.04 Å². The van der Waals surface area contributed by atoms with Crippen molar-refractivity contribution >= 4 is 15.9 Å². The predicted octanol–water partition coefficient (Wildman–Crippen LogP) is 2.86. The Kier molecular flexibility index (Phi) is 3.79. The summed E-state index contributed by atoms with van der Waals surface area (Å²) in [6.45, 7) is 6.96. The molecule has 18 heavy (non-hydrogen) atoms. The fourth-order valence-electron chi connectivity index (χ4n) is 2.87. The van der Waals surface area contributed by atoms with Gasteiger partial charge in [0.2, 0.25) is 0 Å². The Balaban J connectivity index is 2.23. The number of hydrogen-bond acceptors (Lipinski definition) is 3. The van der Waals surface area contributed by atoms with Crippen molar-refractivity contribution in [2.45, 2.75) is 51.6 Å². The molecule has 1 saturated carbocycles. The Hall–Kier alpha value is -0.860. The molecule has 98 valence electrons. The fourth-order valence-corrected chi connectivity index (χ4v) is 3.13. The average Bonchev–Trinajstić information content (AvgIpc) is 2.88. The lowest BCUT2D eigenvalue weighted by atomic mass is 9.99. The highest BCUT2D eigenvalue weighted by atomic mass is 79.9. The third kappa shape index (κ3) is 2.19. The Morgan fingerprint density at radius 1 is 1.61 bits per heavy atom. The molecule has 1 aromatic heterocycles. The number of nitrogens with one attached hydrogen (secondary N) is 1. The van der Waals surface area contributed by atoms with E-state index in [1.807, 2.05) is 13.8 Å². The second kappa shape index (κ2) is 5.02. The van der Waals surface area contributed by atoms with Gasteiger partial charge in [-0.25, -0.2) is 0 Å². The third-order valence-electron chi connectivity index (χ3n) is 3.80. The number of rotatable bonds is 3. The largest absolute Gasteiger partial charge is 0.300 e. The first-order chi connectivity index (χ1) is 8.53. The molecule has 2 unspecified atom stereocenters. The van der Waals surface area contributed by atoms with Crippen LogP contribution >= 0.6 is 15.9 Å². The third-order valence-corrected chi connectivity index (χ3v) is 4.95. The van der Waals surface area contributed by atoms with Crippen LogP contribution in [-0.4, -0.2) is 21.9 Å². The lowest BCUT2D eigenvalue weighted by Gasteiger charge is -2.22. The van der Waals surface area contributed by atoms with Crippen LogP contribution in [0.4, 0.5) is 0 Å². The van der Waals surface area contributed by atoms with Gasteiger partial charge in [0, 0.05) is 6.42 Å². The van der Waals surface area contributed by atoms with Gasteiger partial charge in [0.25, 0.3) is 0 Å². The van der Waals surface area contributed by atoms with Crippen LogP contribution in [-0.2, 0) is 0 Å². The van der Waals surface area contributed by atoms with Crippen LogP contribution in [0.1, 0.15) is 43.6 Å². The van der Waals surface area contributed by atoms with E-state index in [-0.39, 0.29) is 5.54 Å². The zero-order valence-corrected chi connectivity index (χ0v) is 12.7. The fraction of sp³-hybridized carbons (Fsp3) is 0.692. The molecule has 0 saturated heterocycles. The molecule has 1 aliphatic rings. The van der Waals surface area contributed by atoms with E-state index in [1.165, 1.54) is 0 Å². The van der Waals surface area contributed by atoms with E-state index in [0.717, 1.165) is 41.7 Å². The van der Waals surface area contributed by atoms with Crippen molar-refractivity contribution in [2.24, 2.45) is 0 Å². The lowest BCUT2D eigenvalue weighted by Crippen LogP contribution is -2.41. The van der Waals surface area contributed by atoms with Crippen molar-refractivity contribution in [1.29, 1.82) is 5.26 Å². The number of halogens is 1. The molecular weight excluding hydrogens is 292 g/mol. The summed E-state index contributed by atoms with van der Waals surface area (Å²) in [6, 6.07) is 2.78. The summed E-state index contributed by atoms with van der Waals surface area (Å²) in [6.07, 6.45) is 2.75. The quantitative estimate of drug-likeness (QED) is 0.934. The van der Waals surface area contributed by atoms with Gasteiger partial charge < -0.3 is 0 Å². The topological polar surface area (TPSA) is 53.6 Å². The monoisotopic (exact) mass is 310 g/mol. The smallest absolute Gasteiger partial charge is 0.108 e. The molecule has 2 rings (SSSR count). The van der Waals surface area contributed by atoms with Crippen LogP contribution in [0.3, 0.4) is 0 Å². The van der Waals surface area contributed by atoms with Gasteiger partial charge in [-0.3, -0.25) is 10.00 Å². The average molecular weight is 311 g/mol. The van der Waals surface area contributed by atoms with Gasteiger partial charge in [-0.15, -0.1) is 0 Å². The summed E-state index contributed by atoms with van der Waals surface area (Å²) in [5.74, 6) is 0. The minimum Gasteiger partial charge on any atom is -0.300 e. The summed E-state index contributed by atoms with van der Waals surface area (Å²) in [5.41, 5.74) is 1.81. The van der Waals surface area contributed by atoms with E-state index in [2.05, 4.69) is 44.0 Å². The van der Waals surface area contributed by atoms with Crippen LogP contribution in [0, 0.1) is 25.2 Å². The Morgan fingerprint density at radius 3 is 2.83 bits per heavy atom. The zero-order chi connectivity index (χ0) is 13.3. The van der Waals surface area contributed by atoms with E-state index >= 15 is 0 Å². The highest BCUT2D eigenvalue weighted by Gasteiger charge is 2.40. The molecule has 2 atom stereocenters. The molecular formula is C13H19BrN4. The maximum Gasteiger partial charge on any atom is 0.108 e. The molecule has 1 heterocycles. The van der Waals surface area contributed by atoms with Gasteiger partial charge in [0.1, 0.15) is 5.54 Å². The SMILES string of the molecule is CCNC1(C#N)CCC(n2nc(C)c(Br)c2C)C1. The predicted molar refractivity (Wildman–Crippen MR) is 74.3 cm³/mol. The molecule has 0 spiro atoms. The standard InChI is InChI=1S/C13H19BrN4/c1-4-16-13(8-15)6-5-11(7-13)18-10(3)12(14)9(2)17-18/h11,16H,4-7H2,1-3H3. The molecule has 0 amide bonds. The summed E-state index contributed by atoms with van der Waals surface area (Å²) >= 11 is 3.56. The number of nitrogens with zero attached hydrogens (tertiary/aromatic N) is 3. The van der Waals surface area contributed by atoms with Crippen LogP contribution < -0.4 is 5.32 Å². The van der Waals surface area contributed by atoms with Crippen molar-refractivity contribution in [1.82, 2.24) is 15.1 Å². The lowest BCUT2D eigenvalue weighted by molar-refractivity contribution is 0.391. The summed E-state index contributed by atoms with van der Waals surface area (Å²) in [7, 11) is 0. The van der Waals surface area contributed by atoms with Crippen LogP contribution in [0.2, 0.25) is 0 Å². The van der Waals surface area contributed by atoms with Gasteiger partial charge in [0.15, 0.2) is 0 Å². The van der Waals surface area contributed by atoms with Crippen molar-refractivity contribution in [3.05, 3.63) is 15.9 Å². The second-order valence-corrected chi connectivity index (χ2v) is 5.84. The van der Waals surface area contributed by atoms with Crippen molar-refractivity contribution in [3.8, 4) is 6.07 Å². The molecule has 0 aromatic carbocycles. The van der Waals surface area contributed by atoms with E-state index in [4.69, 9.17) is 0 Å². The van der Waals surface area contributed by atoms with Gasteiger partial charge in [-0.2, -0.15) is 10.4 Å². The van der Waals surface area contributed by atoms with Gasteiger partial charge in [-0.1, -0.05) is 6.92 Å². The van der Waals surface area contributed by atoms with Crippen LogP contribution in [0.5, 0.6) is 0 Å². The Bertz CT molecular complexity index is 488. The summed E-state index contributed by atoms with van der Waals surface area (Å²) < 4.78 is 3.16. The van der Waals surface area contributed by atoms with Crippen LogP contribution in [0.15, 0.2) is 4.47 Å². The van der Waals surface area contributed by atoms with Crippen molar-refractivity contribution in [3.63, 3.8) is 0 Å². The van der Waals surface area contributed by atoms with E-state index in [9.17, 15) is 5.26 Å². The number of nitriles is 1. The normalized spacial score (nSPS) is 27.4. The van der Waals surface area contributed by atoms with E-state index < -0.39 is 0 Å². The molecule has 1 aromatic rings. The number of aromatic nitrogens is 2. The zero-order valence-electron chi connectivity index (χ0n) is 11.1. The summed E-state index contributed by atoms with van der Waals surface area (Å²) in [4.78, 5) is 0. The maximum absolute atomic E-state index is 9.39.